The lowest BCUT2D eigenvalue weighted by Crippen LogP contribution is -2.45. The Hall–Kier alpha value is -1.75. The van der Waals surface area contributed by atoms with Gasteiger partial charge in [0.1, 0.15) is 11.9 Å². The highest BCUT2D eigenvalue weighted by Crippen LogP contribution is 2.17. The Morgan fingerprint density at radius 3 is 2.80 bits per heavy atom. The second-order valence-corrected chi connectivity index (χ2v) is 4.99. The van der Waals surface area contributed by atoms with E-state index in [9.17, 15) is 0 Å². The van der Waals surface area contributed by atoms with E-state index in [1.54, 1.807) is 0 Å². The third kappa shape index (κ3) is 4.13. The summed E-state index contributed by atoms with van der Waals surface area (Å²) in [6, 6.07) is 7.98. The van der Waals surface area contributed by atoms with E-state index in [0.29, 0.717) is 25.7 Å². The molecule has 0 aliphatic carbocycles. The topological polar surface area (TPSA) is 60.1 Å². The first-order chi connectivity index (χ1) is 9.66. The van der Waals surface area contributed by atoms with Crippen LogP contribution in [0.25, 0.3) is 0 Å². The van der Waals surface area contributed by atoms with Gasteiger partial charge >= 0.3 is 0 Å². The highest BCUT2D eigenvalue weighted by Gasteiger charge is 2.13. The van der Waals surface area contributed by atoms with E-state index in [0.717, 1.165) is 24.4 Å². The number of aliphatic imine (C=N–C) groups is 1. The zero-order valence-corrected chi connectivity index (χ0v) is 12.2. The molecule has 2 N–H and O–H groups in total. The Balaban J connectivity index is 1.85. The molecule has 1 aromatic rings. The van der Waals surface area contributed by atoms with Gasteiger partial charge in [-0.15, -0.1) is 0 Å². The molecule has 0 spiro atoms. The van der Waals surface area contributed by atoms with Crippen LogP contribution < -0.4 is 10.5 Å². The molecule has 5 nitrogen and oxygen atoms in total. The number of morpholine rings is 1. The molecular weight excluding hydrogens is 254 g/mol. The maximum atomic E-state index is 5.98. The van der Waals surface area contributed by atoms with Crippen molar-refractivity contribution < 1.29 is 9.47 Å². The molecule has 1 atom stereocenters. The summed E-state index contributed by atoms with van der Waals surface area (Å²) in [5.41, 5.74) is 7.11. The number of ether oxygens (including phenoxy) is 2. The maximum absolute atomic E-state index is 5.98. The first-order valence-corrected chi connectivity index (χ1v) is 7.01. The van der Waals surface area contributed by atoms with Gasteiger partial charge in [0, 0.05) is 13.1 Å². The number of benzene rings is 1. The smallest absolute Gasteiger partial charge is 0.191 e. The highest BCUT2D eigenvalue weighted by molar-refractivity contribution is 5.78. The summed E-state index contributed by atoms with van der Waals surface area (Å²) in [6.07, 6.45) is -0.00399. The summed E-state index contributed by atoms with van der Waals surface area (Å²) in [4.78, 5) is 6.46. The predicted molar refractivity (Wildman–Crippen MR) is 80.2 cm³/mol. The molecule has 5 heteroatoms. The summed E-state index contributed by atoms with van der Waals surface area (Å²) in [7, 11) is 0. The molecule has 0 bridgehead atoms. The van der Waals surface area contributed by atoms with Crippen molar-refractivity contribution in [1.29, 1.82) is 0 Å². The van der Waals surface area contributed by atoms with E-state index in [1.165, 1.54) is 0 Å². The van der Waals surface area contributed by atoms with Crippen LogP contribution in [-0.2, 0) is 4.74 Å². The number of nitrogens with zero attached hydrogens (tertiary/aromatic N) is 2. The number of guanidine groups is 1. The minimum absolute atomic E-state index is 0.00399. The molecule has 1 aromatic carbocycles. The van der Waals surface area contributed by atoms with E-state index >= 15 is 0 Å². The fourth-order valence-corrected chi connectivity index (χ4v) is 2.06. The van der Waals surface area contributed by atoms with E-state index in [4.69, 9.17) is 15.2 Å². The van der Waals surface area contributed by atoms with Crippen LogP contribution in [0.3, 0.4) is 0 Å². The van der Waals surface area contributed by atoms with Gasteiger partial charge in [-0.3, -0.25) is 0 Å². The van der Waals surface area contributed by atoms with Crippen molar-refractivity contribution in [3.63, 3.8) is 0 Å². The van der Waals surface area contributed by atoms with Gasteiger partial charge in [-0.25, -0.2) is 4.99 Å². The molecule has 1 aliphatic heterocycles. The van der Waals surface area contributed by atoms with Gasteiger partial charge in [-0.05, 0) is 25.5 Å². The maximum Gasteiger partial charge on any atom is 0.191 e. The van der Waals surface area contributed by atoms with Crippen molar-refractivity contribution >= 4 is 5.96 Å². The Bertz CT molecular complexity index is 456. The van der Waals surface area contributed by atoms with Gasteiger partial charge in [-0.2, -0.15) is 0 Å². The second-order valence-electron chi connectivity index (χ2n) is 4.99. The lowest BCUT2D eigenvalue weighted by Gasteiger charge is -2.27. The average Bonchev–Trinajstić information content (AvgIpc) is 2.48. The lowest BCUT2D eigenvalue weighted by atomic mass is 10.2. The Labute approximate surface area is 120 Å². The first-order valence-electron chi connectivity index (χ1n) is 7.01. The number of rotatable bonds is 4. The number of nitrogens with two attached hydrogens (primary N) is 1. The van der Waals surface area contributed by atoms with Crippen molar-refractivity contribution in [2.45, 2.75) is 20.0 Å². The van der Waals surface area contributed by atoms with Crippen molar-refractivity contribution in [1.82, 2.24) is 4.90 Å². The lowest BCUT2D eigenvalue weighted by molar-refractivity contribution is 0.0673. The van der Waals surface area contributed by atoms with Gasteiger partial charge in [0.25, 0.3) is 0 Å². The molecule has 0 radical (unpaired) electrons. The van der Waals surface area contributed by atoms with Crippen molar-refractivity contribution in [2.24, 2.45) is 10.7 Å². The molecule has 1 unspecified atom stereocenters. The number of hydrogen-bond donors (Lipinski definition) is 1. The van der Waals surface area contributed by atoms with Gasteiger partial charge < -0.3 is 20.1 Å². The molecule has 0 saturated carbocycles. The van der Waals surface area contributed by atoms with Crippen LogP contribution in [-0.4, -0.2) is 49.8 Å². The molecule has 1 heterocycles. The summed E-state index contributed by atoms with van der Waals surface area (Å²) < 4.78 is 11.2. The summed E-state index contributed by atoms with van der Waals surface area (Å²) in [6.45, 7) is 7.63. The molecule has 0 aromatic heterocycles. The third-order valence-corrected chi connectivity index (χ3v) is 3.27. The van der Waals surface area contributed by atoms with Crippen molar-refractivity contribution in [2.75, 3.05) is 32.8 Å². The zero-order chi connectivity index (χ0) is 14.4. The van der Waals surface area contributed by atoms with E-state index in [-0.39, 0.29) is 6.10 Å². The molecule has 1 aliphatic rings. The van der Waals surface area contributed by atoms with Crippen molar-refractivity contribution in [3.05, 3.63) is 29.8 Å². The molecule has 110 valence electrons. The number of para-hydroxylation sites is 1. The SMILES string of the molecule is Cc1ccccc1OC(C)CN=C(N)N1CCOCC1. The van der Waals surface area contributed by atoms with Gasteiger partial charge in [-0.1, -0.05) is 18.2 Å². The Kier molecular flexibility index (Phi) is 5.24. The minimum Gasteiger partial charge on any atom is -0.489 e. The summed E-state index contributed by atoms with van der Waals surface area (Å²) in [5, 5.41) is 0. The van der Waals surface area contributed by atoms with Crippen molar-refractivity contribution in [3.8, 4) is 5.75 Å². The number of aryl methyl sites for hydroxylation is 1. The van der Waals surface area contributed by atoms with Gasteiger partial charge in [0.15, 0.2) is 5.96 Å². The van der Waals surface area contributed by atoms with Gasteiger partial charge in [0.05, 0.1) is 19.8 Å². The summed E-state index contributed by atoms with van der Waals surface area (Å²) in [5.74, 6) is 1.48. The van der Waals surface area contributed by atoms with E-state index < -0.39 is 0 Å². The highest BCUT2D eigenvalue weighted by atomic mass is 16.5. The van der Waals surface area contributed by atoms with Crippen LogP contribution >= 0.6 is 0 Å². The Morgan fingerprint density at radius 1 is 1.40 bits per heavy atom. The fourth-order valence-electron chi connectivity index (χ4n) is 2.06. The quantitative estimate of drug-likeness (QED) is 0.668. The number of hydrogen-bond acceptors (Lipinski definition) is 3. The fraction of sp³-hybridized carbons (Fsp3) is 0.533. The molecule has 1 saturated heterocycles. The zero-order valence-electron chi connectivity index (χ0n) is 12.2. The minimum atomic E-state index is -0.00399. The summed E-state index contributed by atoms with van der Waals surface area (Å²) >= 11 is 0. The largest absolute Gasteiger partial charge is 0.489 e. The van der Waals surface area contributed by atoms with E-state index in [1.807, 2.05) is 43.0 Å². The van der Waals surface area contributed by atoms with E-state index in [2.05, 4.69) is 4.99 Å². The second kappa shape index (κ2) is 7.14. The molecule has 20 heavy (non-hydrogen) atoms. The molecule has 2 rings (SSSR count). The first kappa shape index (κ1) is 14.7. The predicted octanol–water partition coefficient (Wildman–Crippen LogP) is 1.41. The normalized spacial score (nSPS) is 17.9. The molecule has 1 fully saturated rings. The van der Waals surface area contributed by atoms with Crippen LogP contribution in [0.2, 0.25) is 0 Å². The van der Waals surface area contributed by atoms with Crippen LogP contribution in [0, 0.1) is 6.92 Å². The van der Waals surface area contributed by atoms with Gasteiger partial charge in [0.2, 0.25) is 0 Å². The van der Waals surface area contributed by atoms with Crippen LogP contribution in [0.5, 0.6) is 5.75 Å². The Morgan fingerprint density at radius 2 is 2.10 bits per heavy atom. The van der Waals surface area contributed by atoms with Crippen LogP contribution in [0.4, 0.5) is 0 Å². The monoisotopic (exact) mass is 277 g/mol. The molecule has 0 amide bonds. The standard InChI is InChI=1S/C15H23N3O2/c1-12-5-3-4-6-14(12)20-13(2)11-17-15(16)18-7-9-19-10-8-18/h3-6,13H,7-11H2,1-2H3,(H2,16,17). The average molecular weight is 277 g/mol. The van der Waals surface area contributed by atoms with Crippen LogP contribution in [0.15, 0.2) is 29.3 Å². The third-order valence-electron chi connectivity index (χ3n) is 3.27. The van der Waals surface area contributed by atoms with Crippen LogP contribution in [0.1, 0.15) is 12.5 Å². The molecular formula is C15H23N3O2.